The minimum absolute atomic E-state index is 0.0338. The molecule has 4 nitrogen and oxygen atoms in total. The number of carbonyl (C=O) groups excluding carboxylic acids is 1. The van der Waals surface area contributed by atoms with Crippen LogP contribution in [0.15, 0.2) is 28.0 Å². The molecule has 1 aromatic rings. The second kappa shape index (κ2) is 4.51. The fourth-order valence-corrected chi connectivity index (χ4v) is 3.51. The van der Waals surface area contributed by atoms with Gasteiger partial charge in [-0.25, -0.2) is 8.42 Å². The second-order valence-electron chi connectivity index (χ2n) is 3.49. The van der Waals surface area contributed by atoms with Crippen LogP contribution >= 0.6 is 22.4 Å². The third-order valence-electron chi connectivity index (χ3n) is 2.47. The maximum atomic E-state index is 11.6. The average Bonchev–Trinajstić information content (AvgIpc) is 2.27. The highest BCUT2D eigenvalue weighted by molar-refractivity contribution is 8.13. The predicted molar refractivity (Wildman–Crippen MR) is 68.2 cm³/mol. The molecule has 0 N–H and O–H groups in total. The van der Waals surface area contributed by atoms with E-state index in [0.29, 0.717) is 12.3 Å². The van der Waals surface area contributed by atoms with Crippen LogP contribution in [-0.2, 0) is 13.8 Å². The fourth-order valence-electron chi connectivity index (χ4n) is 1.68. The van der Waals surface area contributed by atoms with Crippen LogP contribution < -0.4 is 4.90 Å². The van der Waals surface area contributed by atoms with Gasteiger partial charge in [-0.2, -0.15) is 0 Å². The number of carbonyl (C=O) groups is 1. The Morgan fingerprint density at radius 1 is 1.47 bits per heavy atom. The van der Waals surface area contributed by atoms with Gasteiger partial charge in [0.1, 0.15) is 0 Å². The summed E-state index contributed by atoms with van der Waals surface area (Å²) in [4.78, 5) is 14.1. The first-order valence-electron chi connectivity index (χ1n) is 4.95. The van der Waals surface area contributed by atoms with Gasteiger partial charge < -0.3 is 4.90 Å². The van der Waals surface area contributed by atoms with E-state index in [1.807, 2.05) is 6.92 Å². The molecule has 1 aliphatic heterocycles. The lowest BCUT2D eigenvalue weighted by atomic mass is 10.2. The number of nitrogens with zero attached hydrogens (tertiary/aromatic N) is 1. The van der Waals surface area contributed by atoms with Crippen LogP contribution in [0.3, 0.4) is 0 Å². The highest BCUT2D eigenvalue weighted by Crippen LogP contribution is 2.37. The van der Waals surface area contributed by atoms with Crippen molar-refractivity contribution >= 4 is 43.1 Å². The van der Waals surface area contributed by atoms with Crippen LogP contribution in [0.5, 0.6) is 0 Å². The molecule has 1 aliphatic rings. The largest absolute Gasteiger partial charge is 0.311 e. The molecule has 1 aromatic carbocycles. The number of anilines is 1. The van der Waals surface area contributed by atoms with Gasteiger partial charge in [-0.3, -0.25) is 4.79 Å². The lowest BCUT2D eigenvalue weighted by Gasteiger charge is -2.27. The summed E-state index contributed by atoms with van der Waals surface area (Å²) in [6, 6.07) is 4.55. The van der Waals surface area contributed by atoms with Crippen molar-refractivity contribution in [1.29, 1.82) is 0 Å². The van der Waals surface area contributed by atoms with Gasteiger partial charge in [0, 0.05) is 22.1 Å². The molecular formula is C10H10ClNO3S2. The molecule has 7 heteroatoms. The molecule has 0 atom stereocenters. The van der Waals surface area contributed by atoms with Gasteiger partial charge in [-0.1, -0.05) is 0 Å². The molecule has 0 radical (unpaired) electrons. The molecule has 0 unspecified atom stereocenters. The van der Waals surface area contributed by atoms with E-state index in [1.54, 1.807) is 11.0 Å². The first kappa shape index (κ1) is 12.7. The van der Waals surface area contributed by atoms with Crippen molar-refractivity contribution < 1.29 is 13.2 Å². The smallest absolute Gasteiger partial charge is 0.261 e. The minimum Gasteiger partial charge on any atom is -0.311 e. The Balaban J connectivity index is 2.52. The SMILES string of the molecule is CCN1C(=O)CSc2cc(S(=O)(=O)Cl)ccc21. The van der Waals surface area contributed by atoms with Crippen LogP contribution in [0.1, 0.15) is 6.92 Å². The third-order valence-corrected chi connectivity index (χ3v) is 4.85. The monoisotopic (exact) mass is 291 g/mol. The number of rotatable bonds is 2. The summed E-state index contributed by atoms with van der Waals surface area (Å²) in [5.41, 5.74) is 0.748. The first-order chi connectivity index (χ1) is 7.93. The zero-order valence-electron chi connectivity index (χ0n) is 9.01. The van der Waals surface area contributed by atoms with Crippen LogP contribution in [0, 0.1) is 0 Å². The van der Waals surface area contributed by atoms with Gasteiger partial charge in [0.05, 0.1) is 16.3 Å². The van der Waals surface area contributed by atoms with Gasteiger partial charge in [0.15, 0.2) is 0 Å². The lowest BCUT2D eigenvalue weighted by Crippen LogP contribution is -2.35. The van der Waals surface area contributed by atoms with E-state index in [0.717, 1.165) is 10.6 Å². The Bertz CT molecular complexity index is 571. The molecule has 0 aromatic heterocycles. The number of hydrogen-bond donors (Lipinski definition) is 0. The topological polar surface area (TPSA) is 54.5 Å². The summed E-state index contributed by atoms with van der Waals surface area (Å²) >= 11 is 1.33. The highest BCUT2D eigenvalue weighted by atomic mass is 35.7. The Labute approximate surface area is 108 Å². The maximum Gasteiger partial charge on any atom is 0.261 e. The molecule has 0 spiro atoms. The van der Waals surface area contributed by atoms with E-state index >= 15 is 0 Å². The molecule has 1 amide bonds. The van der Waals surface area contributed by atoms with Gasteiger partial charge >= 0.3 is 0 Å². The summed E-state index contributed by atoms with van der Waals surface area (Å²) in [7, 11) is 1.56. The first-order valence-corrected chi connectivity index (χ1v) is 8.25. The van der Waals surface area contributed by atoms with Crippen molar-refractivity contribution in [1.82, 2.24) is 0 Å². The molecular weight excluding hydrogens is 282 g/mol. The molecule has 17 heavy (non-hydrogen) atoms. The summed E-state index contributed by atoms with van der Waals surface area (Å²) < 4.78 is 22.4. The number of fused-ring (bicyclic) bond motifs is 1. The zero-order chi connectivity index (χ0) is 12.6. The number of benzene rings is 1. The predicted octanol–water partition coefficient (Wildman–Crippen LogP) is 2.07. The Morgan fingerprint density at radius 2 is 2.18 bits per heavy atom. The van der Waals surface area contributed by atoms with E-state index < -0.39 is 9.05 Å². The number of thioether (sulfide) groups is 1. The third kappa shape index (κ3) is 2.43. The van der Waals surface area contributed by atoms with Crippen molar-refractivity contribution in [2.24, 2.45) is 0 Å². The molecule has 0 bridgehead atoms. The van der Waals surface area contributed by atoms with E-state index in [4.69, 9.17) is 10.7 Å². The van der Waals surface area contributed by atoms with Crippen LogP contribution in [0.25, 0.3) is 0 Å². The fraction of sp³-hybridized carbons (Fsp3) is 0.300. The molecule has 2 rings (SSSR count). The quantitative estimate of drug-likeness (QED) is 0.783. The number of amides is 1. The van der Waals surface area contributed by atoms with Gasteiger partial charge in [-0.15, -0.1) is 11.8 Å². The standard InChI is InChI=1S/C10H10ClNO3S2/c1-2-12-8-4-3-7(17(11,14)15)5-9(8)16-6-10(12)13/h3-5H,2,6H2,1H3. The van der Waals surface area contributed by atoms with Gasteiger partial charge in [0.25, 0.3) is 9.05 Å². The summed E-state index contributed by atoms with van der Waals surface area (Å²) in [5, 5.41) is 0. The Kier molecular flexibility index (Phi) is 3.38. The van der Waals surface area contributed by atoms with Gasteiger partial charge in [0.2, 0.25) is 5.91 Å². The van der Waals surface area contributed by atoms with Crippen molar-refractivity contribution in [2.45, 2.75) is 16.7 Å². The number of hydrogen-bond acceptors (Lipinski definition) is 4. The van der Waals surface area contributed by atoms with Crippen molar-refractivity contribution in [3.05, 3.63) is 18.2 Å². The maximum absolute atomic E-state index is 11.6. The van der Waals surface area contributed by atoms with Crippen LogP contribution in [0.4, 0.5) is 5.69 Å². The summed E-state index contributed by atoms with van der Waals surface area (Å²) in [5.74, 6) is 0.360. The highest BCUT2D eigenvalue weighted by Gasteiger charge is 2.24. The second-order valence-corrected chi connectivity index (χ2v) is 7.08. The van der Waals surface area contributed by atoms with E-state index in [1.165, 1.54) is 23.9 Å². The number of halogens is 1. The normalized spacial score (nSPS) is 15.9. The van der Waals surface area contributed by atoms with E-state index in [2.05, 4.69) is 0 Å². The van der Waals surface area contributed by atoms with Crippen LogP contribution in [0.2, 0.25) is 0 Å². The molecule has 0 saturated carbocycles. The van der Waals surface area contributed by atoms with Crippen molar-refractivity contribution in [3.63, 3.8) is 0 Å². The molecule has 0 aliphatic carbocycles. The van der Waals surface area contributed by atoms with Crippen molar-refractivity contribution in [2.75, 3.05) is 17.2 Å². The van der Waals surface area contributed by atoms with Crippen LogP contribution in [-0.4, -0.2) is 26.6 Å². The summed E-state index contributed by atoms with van der Waals surface area (Å²) in [6.45, 7) is 2.45. The van der Waals surface area contributed by atoms with E-state index in [9.17, 15) is 13.2 Å². The van der Waals surface area contributed by atoms with Gasteiger partial charge in [-0.05, 0) is 25.1 Å². The van der Waals surface area contributed by atoms with E-state index in [-0.39, 0.29) is 10.8 Å². The Hall–Kier alpha value is -0.720. The lowest BCUT2D eigenvalue weighted by molar-refractivity contribution is -0.116. The Morgan fingerprint density at radius 3 is 2.76 bits per heavy atom. The molecule has 0 saturated heterocycles. The molecule has 0 fully saturated rings. The van der Waals surface area contributed by atoms with Crippen molar-refractivity contribution in [3.8, 4) is 0 Å². The molecule has 1 heterocycles. The average molecular weight is 292 g/mol. The summed E-state index contributed by atoms with van der Waals surface area (Å²) in [6.07, 6.45) is 0. The molecule has 92 valence electrons. The zero-order valence-corrected chi connectivity index (χ0v) is 11.4. The minimum atomic E-state index is -3.72.